The molecule has 3 heteroatoms. The fourth-order valence-electron chi connectivity index (χ4n) is 2.83. The van der Waals surface area contributed by atoms with E-state index in [0.29, 0.717) is 12.2 Å². The molecule has 0 spiro atoms. The Morgan fingerprint density at radius 1 is 1.42 bits per heavy atom. The molecule has 0 bridgehead atoms. The van der Waals surface area contributed by atoms with E-state index in [2.05, 4.69) is 30.2 Å². The fourth-order valence-corrected chi connectivity index (χ4v) is 2.83. The number of Topliss-reactive ketones (excluding diaryl/α,β-unsaturated/α-hetero) is 1. The van der Waals surface area contributed by atoms with Crippen molar-refractivity contribution in [2.45, 2.75) is 46.0 Å². The van der Waals surface area contributed by atoms with E-state index in [4.69, 9.17) is 0 Å². The topological polar surface area (TPSA) is 42.0 Å². The third-order valence-corrected chi connectivity index (χ3v) is 4.38. The maximum absolute atomic E-state index is 12.6. The number of aromatic nitrogens is 1. The van der Waals surface area contributed by atoms with E-state index in [-0.39, 0.29) is 5.41 Å². The number of piperidine rings is 1. The number of nitrogens with one attached hydrogen (secondary N) is 1. The van der Waals surface area contributed by atoms with E-state index in [0.717, 1.165) is 44.5 Å². The summed E-state index contributed by atoms with van der Waals surface area (Å²) in [5.41, 5.74) is 1.96. The third kappa shape index (κ3) is 3.21. The molecule has 0 radical (unpaired) electrons. The maximum atomic E-state index is 12.6. The lowest BCUT2D eigenvalue weighted by molar-refractivity contribution is -0.129. The first kappa shape index (κ1) is 14.2. The Bertz CT molecular complexity index is 419. The summed E-state index contributed by atoms with van der Waals surface area (Å²) in [6, 6.07) is 4.07. The van der Waals surface area contributed by atoms with Crippen LogP contribution in [0.5, 0.6) is 0 Å². The second-order valence-corrected chi connectivity index (χ2v) is 5.53. The van der Waals surface area contributed by atoms with Crippen LogP contribution in [0.15, 0.2) is 18.3 Å². The molecule has 0 aliphatic carbocycles. The van der Waals surface area contributed by atoms with Crippen molar-refractivity contribution in [1.82, 2.24) is 10.3 Å². The molecule has 0 saturated carbocycles. The minimum absolute atomic E-state index is 0.163. The monoisotopic (exact) mass is 260 g/mol. The molecule has 0 amide bonds. The second-order valence-electron chi connectivity index (χ2n) is 5.53. The largest absolute Gasteiger partial charge is 0.316 e. The van der Waals surface area contributed by atoms with Crippen molar-refractivity contribution in [2.24, 2.45) is 5.41 Å². The molecular weight excluding hydrogens is 236 g/mol. The molecule has 1 unspecified atom stereocenters. The molecule has 1 aliphatic rings. The molecule has 1 aliphatic heterocycles. The van der Waals surface area contributed by atoms with Crippen molar-refractivity contribution in [3.63, 3.8) is 0 Å². The number of rotatable bonds is 5. The van der Waals surface area contributed by atoms with Crippen molar-refractivity contribution in [3.05, 3.63) is 29.6 Å². The van der Waals surface area contributed by atoms with Gasteiger partial charge < -0.3 is 5.32 Å². The number of hydrogen-bond donors (Lipinski definition) is 1. The number of pyridine rings is 1. The summed E-state index contributed by atoms with van der Waals surface area (Å²) >= 11 is 0. The van der Waals surface area contributed by atoms with Gasteiger partial charge >= 0.3 is 0 Å². The highest BCUT2D eigenvalue weighted by molar-refractivity contribution is 5.86. The van der Waals surface area contributed by atoms with E-state index in [1.165, 1.54) is 5.56 Å². The lowest BCUT2D eigenvalue weighted by Crippen LogP contribution is -2.45. The van der Waals surface area contributed by atoms with Crippen LogP contribution in [-0.4, -0.2) is 23.9 Å². The first-order valence-corrected chi connectivity index (χ1v) is 7.38. The minimum atomic E-state index is -0.163. The summed E-state index contributed by atoms with van der Waals surface area (Å²) < 4.78 is 0. The SMILES string of the molecule is CCc1ccc(CC(=O)C2(CC)CCCNC2)nc1. The Kier molecular flexibility index (Phi) is 4.70. The van der Waals surface area contributed by atoms with Crippen molar-refractivity contribution in [1.29, 1.82) is 0 Å². The van der Waals surface area contributed by atoms with Crippen LogP contribution in [0.4, 0.5) is 0 Å². The molecular formula is C16H24N2O. The summed E-state index contributed by atoms with van der Waals surface area (Å²) in [5, 5.41) is 3.37. The number of ketones is 1. The summed E-state index contributed by atoms with van der Waals surface area (Å²) in [7, 11) is 0. The van der Waals surface area contributed by atoms with Crippen LogP contribution in [0, 0.1) is 5.41 Å². The number of aryl methyl sites for hydroxylation is 1. The summed E-state index contributed by atoms with van der Waals surface area (Å²) in [5.74, 6) is 0.346. The van der Waals surface area contributed by atoms with Gasteiger partial charge in [0.05, 0.1) is 0 Å². The predicted octanol–water partition coefficient (Wildman–Crippen LogP) is 2.54. The molecule has 1 aromatic heterocycles. The number of carbonyl (C=O) groups excluding carboxylic acids is 1. The zero-order valence-corrected chi connectivity index (χ0v) is 12.0. The Balaban J connectivity index is 2.05. The van der Waals surface area contributed by atoms with Gasteiger partial charge in [-0.25, -0.2) is 0 Å². The Morgan fingerprint density at radius 2 is 2.26 bits per heavy atom. The zero-order chi connectivity index (χ0) is 13.7. The van der Waals surface area contributed by atoms with E-state index in [1.807, 2.05) is 12.3 Å². The van der Waals surface area contributed by atoms with Crippen LogP contribution < -0.4 is 5.32 Å². The van der Waals surface area contributed by atoms with Gasteiger partial charge in [-0.3, -0.25) is 9.78 Å². The molecule has 0 aromatic carbocycles. The highest BCUT2D eigenvalue weighted by Gasteiger charge is 2.37. The highest BCUT2D eigenvalue weighted by Crippen LogP contribution is 2.32. The van der Waals surface area contributed by atoms with Crippen molar-refractivity contribution in [2.75, 3.05) is 13.1 Å². The van der Waals surface area contributed by atoms with E-state index >= 15 is 0 Å². The summed E-state index contributed by atoms with van der Waals surface area (Å²) in [6.07, 6.45) is 6.39. The summed E-state index contributed by atoms with van der Waals surface area (Å²) in [6.45, 7) is 6.11. The molecule has 3 nitrogen and oxygen atoms in total. The molecule has 2 heterocycles. The summed E-state index contributed by atoms with van der Waals surface area (Å²) in [4.78, 5) is 17.0. The molecule has 1 saturated heterocycles. The van der Waals surface area contributed by atoms with E-state index < -0.39 is 0 Å². The van der Waals surface area contributed by atoms with Gasteiger partial charge in [0.15, 0.2) is 0 Å². The normalized spacial score (nSPS) is 23.3. The lowest BCUT2D eigenvalue weighted by Gasteiger charge is -2.35. The minimum Gasteiger partial charge on any atom is -0.316 e. The molecule has 1 aromatic rings. The van der Waals surface area contributed by atoms with Gasteiger partial charge in [-0.2, -0.15) is 0 Å². The average Bonchev–Trinajstić information content (AvgIpc) is 2.48. The van der Waals surface area contributed by atoms with Crippen LogP contribution in [-0.2, 0) is 17.6 Å². The molecule has 1 atom stereocenters. The van der Waals surface area contributed by atoms with Crippen LogP contribution in [0.3, 0.4) is 0 Å². The van der Waals surface area contributed by atoms with Crippen molar-refractivity contribution >= 4 is 5.78 Å². The van der Waals surface area contributed by atoms with E-state index in [1.54, 1.807) is 0 Å². The second kappa shape index (κ2) is 6.29. The van der Waals surface area contributed by atoms with Gasteiger partial charge in [0.25, 0.3) is 0 Å². The number of hydrogen-bond acceptors (Lipinski definition) is 3. The maximum Gasteiger partial charge on any atom is 0.146 e. The van der Waals surface area contributed by atoms with Crippen molar-refractivity contribution in [3.8, 4) is 0 Å². The average molecular weight is 260 g/mol. The first-order valence-electron chi connectivity index (χ1n) is 7.38. The number of nitrogens with zero attached hydrogens (tertiary/aromatic N) is 1. The predicted molar refractivity (Wildman–Crippen MR) is 77.2 cm³/mol. The first-order chi connectivity index (χ1) is 9.20. The molecule has 1 N–H and O–H groups in total. The fraction of sp³-hybridized carbons (Fsp3) is 0.625. The van der Waals surface area contributed by atoms with Gasteiger partial charge in [0, 0.05) is 30.3 Å². The highest BCUT2D eigenvalue weighted by atomic mass is 16.1. The zero-order valence-electron chi connectivity index (χ0n) is 12.0. The standard InChI is InChI=1S/C16H24N2O/c1-3-13-6-7-14(18-11-13)10-15(19)16(4-2)8-5-9-17-12-16/h6-7,11,17H,3-5,8-10,12H2,1-2H3. The third-order valence-electron chi connectivity index (χ3n) is 4.38. The lowest BCUT2D eigenvalue weighted by atomic mass is 9.73. The van der Waals surface area contributed by atoms with Crippen LogP contribution in [0.25, 0.3) is 0 Å². The Labute approximate surface area is 115 Å². The molecule has 104 valence electrons. The van der Waals surface area contributed by atoms with E-state index in [9.17, 15) is 4.79 Å². The smallest absolute Gasteiger partial charge is 0.146 e. The quantitative estimate of drug-likeness (QED) is 0.884. The van der Waals surface area contributed by atoms with Gasteiger partial charge in [0.1, 0.15) is 5.78 Å². The molecule has 19 heavy (non-hydrogen) atoms. The Hall–Kier alpha value is -1.22. The van der Waals surface area contributed by atoms with Gasteiger partial charge in [-0.1, -0.05) is 19.9 Å². The van der Waals surface area contributed by atoms with Crippen molar-refractivity contribution < 1.29 is 4.79 Å². The van der Waals surface area contributed by atoms with Crippen LogP contribution in [0.1, 0.15) is 44.4 Å². The van der Waals surface area contributed by atoms with Gasteiger partial charge in [-0.15, -0.1) is 0 Å². The van der Waals surface area contributed by atoms with Gasteiger partial charge in [0.2, 0.25) is 0 Å². The molecule has 1 fully saturated rings. The number of carbonyl (C=O) groups is 1. The Morgan fingerprint density at radius 3 is 2.79 bits per heavy atom. The van der Waals surface area contributed by atoms with Gasteiger partial charge in [-0.05, 0) is 43.9 Å². The van der Waals surface area contributed by atoms with Crippen LogP contribution in [0.2, 0.25) is 0 Å². The van der Waals surface area contributed by atoms with Crippen LogP contribution >= 0.6 is 0 Å². The molecule has 2 rings (SSSR count).